The van der Waals surface area contributed by atoms with Gasteiger partial charge in [-0.1, -0.05) is 23.5 Å². The SMILES string of the molecule is CSc1sc2ccccc2[n+]1C.I. The Morgan fingerprint density at radius 1 is 1.31 bits per heavy atom. The Bertz CT molecular complexity index is 411. The Labute approximate surface area is 103 Å². The van der Waals surface area contributed by atoms with Crippen molar-refractivity contribution in [1.29, 1.82) is 0 Å². The number of rotatable bonds is 1. The molecule has 0 amide bonds. The molecule has 2 rings (SSSR count). The molecule has 4 heteroatoms. The van der Waals surface area contributed by atoms with E-state index < -0.39 is 0 Å². The van der Waals surface area contributed by atoms with Gasteiger partial charge >= 0.3 is 0 Å². The van der Waals surface area contributed by atoms with Crippen LogP contribution in [0.5, 0.6) is 0 Å². The molecular formula is C9H11INS2+. The molecule has 0 radical (unpaired) electrons. The summed E-state index contributed by atoms with van der Waals surface area (Å²) in [6.07, 6.45) is 2.12. The third-order valence-electron chi connectivity index (χ3n) is 1.87. The number of halogens is 1. The van der Waals surface area contributed by atoms with E-state index in [1.165, 1.54) is 14.6 Å². The standard InChI is InChI=1S/C9H10NS2.HI/c1-10-7-5-3-4-6-8(7)12-9(10)11-2;/h3-6H,1-2H3;1H/q+1;. The smallest absolute Gasteiger partial charge is 0.179 e. The van der Waals surface area contributed by atoms with Gasteiger partial charge < -0.3 is 0 Å². The van der Waals surface area contributed by atoms with E-state index in [1.807, 2.05) is 11.3 Å². The number of nitrogens with zero attached hydrogens (tertiary/aromatic N) is 1. The molecule has 0 fully saturated rings. The monoisotopic (exact) mass is 324 g/mol. The van der Waals surface area contributed by atoms with E-state index in [4.69, 9.17) is 0 Å². The van der Waals surface area contributed by atoms with Crippen LogP contribution in [0.2, 0.25) is 0 Å². The van der Waals surface area contributed by atoms with E-state index in [1.54, 1.807) is 11.8 Å². The highest BCUT2D eigenvalue weighted by atomic mass is 127. The van der Waals surface area contributed by atoms with E-state index in [-0.39, 0.29) is 24.0 Å². The fraction of sp³-hybridized carbons (Fsp3) is 0.222. The Morgan fingerprint density at radius 3 is 2.62 bits per heavy atom. The topological polar surface area (TPSA) is 3.88 Å². The molecule has 2 aromatic rings. The number of hydrogen-bond donors (Lipinski definition) is 0. The Hall–Kier alpha value is 0.190. The van der Waals surface area contributed by atoms with Crippen molar-refractivity contribution in [1.82, 2.24) is 0 Å². The van der Waals surface area contributed by atoms with Crippen molar-refractivity contribution < 1.29 is 4.57 Å². The van der Waals surface area contributed by atoms with Crippen LogP contribution in [0.25, 0.3) is 10.2 Å². The minimum atomic E-state index is 0. The highest BCUT2D eigenvalue weighted by molar-refractivity contribution is 14.0. The van der Waals surface area contributed by atoms with Gasteiger partial charge in [0.2, 0.25) is 5.52 Å². The van der Waals surface area contributed by atoms with Gasteiger partial charge in [-0.3, -0.25) is 0 Å². The third kappa shape index (κ3) is 1.99. The average Bonchev–Trinajstić information content (AvgIpc) is 2.44. The van der Waals surface area contributed by atoms with Crippen LogP contribution in [0, 0.1) is 0 Å². The Kier molecular flexibility index (Phi) is 4.00. The molecule has 0 aliphatic rings. The fourth-order valence-electron chi connectivity index (χ4n) is 1.26. The minimum Gasteiger partial charge on any atom is -0.179 e. The van der Waals surface area contributed by atoms with Crippen molar-refractivity contribution in [2.45, 2.75) is 4.34 Å². The molecule has 1 heterocycles. The zero-order chi connectivity index (χ0) is 8.55. The van der Waals surface area contributed by atoms with E-state index in [9.17, 15) is 0 Å². The normalized spacial score (nSPS) is 10.0. The lowest BCUT2D eigenvalue weighted by atomic mass is 10.3. The lowest BCUT2D eigenvalue weighted by Crippen LogP contribution is -2.27. The molecule has 1 nitrogen and oxygen atoms in total. The first-order valence-electron chi connectivity index (χ1n) is 3.74. The summed E-state index contributed by atoms with van der Waals surface area (Å²) < 4.78 is 4.96. The molecule has 0 unspecified atom stereocenters. The highest BCUT2D eigenvalue weighted by Gasteiger charge is 2.14. The van der Waals surface area contributed by atoms with E-state index >= 15 is 0 Å². The van der Waals surface area contributed by atoms with Crippen molar-refractivity contribution in [3.8, 4) is 0 Å². The summed E-state index contributed by atoms with van der Waals surface area (Å²) in [4.78, 5) is 0. The van der Waals surface area contributed by atoms with Crippen LogP contribution in [-0.2, 0) is 7.05 Å². The summed E-state index contributed by atoms with van der Waals surface area (Å²) in [5, 5.41) is 0. The molecule has 70 valence electrons. The lowest BCUT2D eigenvalue weighted by molar-refractivity contribution is -0.676. The van der Waals surface area contributed by atoms with Crippen LogP contribution in [0.15, 0.2) is 28.6 Å². The van der Waals surface area contributed by atoms with E-state index in [0.29, 0.717) is 0 Å². The number of hydrogen-bond acceptors (Lipinski definition) is 2. The van der Waals surface area contributed by atoms with Crippen LogP contribution in [-0.4, -0.2) is 6.26 Å². The molecule has 0 N–H and O–H groups in total. The first-order chi connectivity index (χ1) is 5.83. The molecule has 0 bridgehead atoms. The van der Waals surface area contributed by atoms with Gasteiger partial charge in [-0.15, -0.1) is 24.0 Å². The number of thiazole rings is 1. The quantitative estimate of drug-likeness (QED) is 0.443. The number of fused-ring (bicyclic) bond motifs is 1. The molecular weight excluding hydrogens is 313 g/mol. The number of benzene rings is 1. The van der Waals surface area contributed by atoms with Crippen LogP contribution < -0.4 is 4.57 Å². The second kappa shape index (κ2) is 4.61. The number of aryl methyl sites for hydroxylation is 1. The van der Waals surface area contributed by atoms with E-state index in [2.05, 4.69) is 42.1 Å². The number of aromatic nitrogens is 1. The van der Waals surface area contributed by atoms with Crippen molar-refractivity contribution in [2.24, 2.45) is 7.05 Å². The van der Waals surface area contributed by atoms with Crippen molar-refractivity contribution >= 4 is 57.3 Å². The zero-order valence-electron chi connectivity index (χ0n) is 7.48. The summed E-state index contributed by atoms with van der Waals surface area (Å²) in [6, 6.07) is 8.49. The summed E-state index contributed by atoms with van der Waals surface area (Å²) >= 11 is 3.65. The molecule has 0 spiro atoms. The number of para-hydroxylation sites is 1. The predicted molar refractivity (Wildman–Crippen MR) is 70.2 cm³/mol. The van der Waals surface area contributed by atoms with Crippen molar-refractivity contribution in [3.05, 3.63) is 24.3 Å². The summed E-state index contributed by atoms with van der Waals surface area (Å²) in [6.45, 7) is 0. The molecule has 0 saturated carbocycles. The maximum atomic E-state index is 2.24. The largest absolute Gasteiger partial charge is 0.297 e. The third-order valence-corrected chi connectivity index (χ3v) is 4.26. The van der Waals surface area contributed by atoms with Gasteiger partial charge in [-0.25, -0.2) is 0 Å². The molecule has 0 atom stereocenters. The van der Waals surface area contributed by atoms with Crippen LogP contribution in [0.1, 0.15) is 0 Å². The summed E-state index contributed by atoms with van der Waals surface area (Å²) in [5.74, 6) is 0. The van der Waals surface area contributed by atoms with Gasteiger partial charge in [-0.05, 0) is 24.1 Å². The van der Waals surface area contributed by atoms with Gasteiger partial charge in [0.05, 0.1) is 0 Å². The average molecular weight is 324 g/mol. The van der Waals surface area contributed by atoms with Gasteiger partial charge in [-0.2, -0.15) is 4.57 Å². The van der Waals surface area contributed by atoms with Gasteiger partial charge in [0.15, 0.2) is 0 Å². The Morgan fingerprint density at radius 2 is 2.00 bits per heavy atom. The maximum Gasteiger partial charge on any atom is 0.297 e. The fourth-order valence-corrected chi connectivity index (χ4v) is 3.11. The van der Waals surface area contributed by atoms with Crippen LogP contribution >= 0.6 is 47.1 Å². The minimum absolute atomic E-state index is 0. The zero-order valence-corrected chi connectivity index (χ0v) is 11.4. The molecule has 1 aromatic carbocycles. The van der Waals surface area contributed by atoms with E-state index in [0.717, 1.165) is 0 Å². The summed E-state index contributed by atoms with van der Waals surface area (Å²) in [7, 11) is 2.12. The second-order valence-corrected chi connectivity index (χ2v) is 4.68. The maximum absolute atomic E-state index is 2.24. The highest BCUT2D eigenvalue weighted by Crippen LogP contribution is 2.25. The van der Waals surface area contributed by atoms with Crippen molar-refractivity contribution in [2.75, 3.05) is 6.26 Å². The predicted octanol–water partition coefficient (Wildman–Crippen LogP) is 3.07. The molecule has 0 aliphatic heterocycles. The number of thioether (sulfide) groups is 1. The van der Waals surface area contributed by atoms with Crippen LogP contribution in [0.3, 0.4) is 0 Å². The van der Waals surface area contributed by atoms with Gasteiger partial charge in [0.1, 0.15) is 11.7 Å². The molecule has 0 aliphatic carbocycles. The Balaban J connectivity index is 0.000000845. The van der Waals surface area contributed by atoms with Crippen LogP contribution in [0.4, 0.5) is 0 Å². The van der Waals surface area contributed by atoms with Gasteiger partial charge in [0.25, 0.3) is 4.34 Å². The second-order valence-electron chi connectivity index (χ2n) is 2.60. The molecule has 13 heavy (non-hydrogen) atoms. The summed E-state index contributed by atoms with van der Waals surface area (Å²) in [5.41, 5.74) is 1.33. The van der Waals surface area contributed by atoms with Crippen molar-refractivity contribution in [3.63, 3.8) is 0 Å². The van der Waals surface area contributed by atoms with Gasteiger partial charge in [0, 0.05) is 6.07 Å². The molecule has 0 saturated heterocycles. The lowest BCUT2D eigenvalue weighted by Gasteiger charge is -1.84. The first kappa shape index (κ1) is 11.3. The first-order valence-corrected chi connectivity index (χ1v) is 5.78. The molecule has 1 aromatic heterocycles.